The van der Waals surface area contributed by atoms with E-state index in [4.69, 9.17) is 0 Å². The van der Waals surface area contributed by atoms with Crippen LogP contribution in [-0.2, 0) is 11.2 Å². The van der Waals surface area contributed by atoms with E-state index in [0.717, 1.165) is 29.3 Å². The molecule has 2 N–H and O–H groups in total. The van der Waals surface area contributed by atoms with Gasteiger partial charge in [0.2, 0.25) is 5.91 Å². The fourth-order valence-corrected chi connectivity index (χ4v) is 2.79. The highest BCUT2D eigenvalue weighted by atomic mass is 16.2. The molecule has 26 heavy (non-hydrogen) atoms. The Morgan fingerprint density at radius 1 is 0.962 bits per heavy atom. The second-order valence-corrected chi connectivity index (χ2v) is 6.56. The first-order valence-electron chi connectivity index (χ1n) is 8.73. The fourth-order valence-electron chi connectivity index (χ4n) is 2.79. The maximum atomic E-state index is 12.4. The van der Waals surface area contributed by atoms with Crippen LogP contribution in [-0.4, -0.2) is 22.8 Å². The summed E-state index contributed by atoms with van der Waals surface area (Å²) >= 11 is 0. The van der Waals surface area contributed by atoms with Gasteiger partial charge in [-0.1, -0.05) is 36.4 Å². The summed E-state index contributed by atoms with van der Waals surface area (Å²) < 4.78 is 0. The van der Waals surface area contributed by atoms with Crippen LogP contribution >= 0.6 is 0 Å². The Hall–Kier alpha value is -3.21. The predicted molar refractivity (Wildman–Crippen MR) is 101 cm³/mol. The van der Waals surface area contributed by atoms with E-state index in [-0.39, 0.29) is 11.8 Å². The molecular weight excluding hydrogens is 326 g/mol. The van der Waals surface area contributed by atoms with E-state index in [0.29, 0.717) is 23.8 Å². The Labute approximate surface area is 151 Å². The lowest BCUT2D eigenvalue weighted by Gasteiger charge is -2.07. The van der Waals surface area contributed by atoms with Crippen molar-refractivity contribution in [3.05, 3.63) is 71.9 Å². The monoisotopic (exact) mass is 345 g/mol. The fraction of sp³-hybridized carbons (Fsp3) is 0.190. The van der Waals surface area contributed by atoms with E-state index < -0.39 is 0 Å². The van der Waals surface area contributed by atoms with Crippen LogP contribution in [0, 0.1) is 0 Å². The molecule has 1 heterocycles. The van der Waals surface area contributed by atoms with Crippen LogP contribution in [0.25, 0.3) is 10.9 Å². The summed E-state index contributed by atoms with van der Waals surface area (Å²) in [5.74, 6) is -0.209. The van der Waals surface area contributed by atoms with Gasteiger partial charge in [-0.15, -0.1) is 0 Å². The Kier molecular flexibility index (Phi) is 4.35. The molecule has 0 aliphatic heterocycles. The van der Waals surface area contributed by atoms with E-state index in [1.807, 2.05) is 42.5 Å². The van der Waals surface area contributed by atoms with Crippen LogP contribution in [0.1, 0.15) is 28.9 Å². The molecule has 1 fully saturated rings. The standard InChI is InChI=1S/C21H19N3O2/c25-20(22-16-10-11-16)13-14-5-8-17(9-6-14)23-21(26)19-12-7-15-3-1-2-4-18(15)24-19/h1-9,12,16H,10-11,13H2,(H,22,25)(H,23,26). The first kappa shape index (κ1) is 16.3. The SMILES string of the molecule is O=C(Cc1ccc(NC(=O)c2ccc3ccccc3n2)cc1)NC1CC1. The number of carbonyl (C=O) groups is 2. The first-order chi connectivity index (χ1) is 12.7. The molecule has 2 aromatic carbocycles. The number of aromatic nitrogens is 1. The number of nitrogens with zero attached hydrogens (tertiary/aromatic N) is 1. The van der Waals surface area contributed by atoms with Gasteiger partial charge < -0.3 is 10.6 Å². The molecule has 0 saturated heterocycles. The lowest BCUT2D eigenvalue weighted by atomic mass is 10.1. The van der Waals surface area contributed by atoms with Crippen LogP contribution in [0.4, 0.5) is 5.69 Å². The summed E-state index contributed by atoms with van der Waals surface area (Å²) in [5.41, 5.74) is 2.76. The minimum absolute atomic E-state index is 0.0460. The van der Waals surface area contributed by atoms with Crippen molar-refractivity contribution >= 4 is 28.4 Å². The lowest BCUT2D eigenvalue weighted by Crippen LogP contribution is -2.26. The van der Waals surface area contributed by atoms with Crippen LogP contribution in [0.3, 0.4) is 0 Å². The number of fused-ring (bicyclic) bond motifs is 1. The summed E-state index contributed by atoms with van der Waals surface area (Å²) in [6.07, 6.45) is 2.52. The summed E-state index contributed by atoms with van der Waals surface area (Å²) in [4.78, 5) is 28.6. The van der Waals surface area contributed by atoms with Crippen molar-refractivity contribution in [3.63, 3.8) is 0 Å². The van der Waals surface area contributed by atoms with E-state index in [1.165, 1.54) is 0 Å². The highest BCUT2D eigenvalue weighted by molar-refractivity contribution is 6.04. The van der Waals surface area contributed by atoms with Gasteiger partial charge in [-0.2, -0.15) is 0 Å². The third-order valence-corrected chi connectivity index (χ3v) is 4.35. The summed E-state index contributed by atoms with van der Waals surface area (Å²) in [6, 6.07) is 19.0. The van der Waals surface area contributed by atoms with Gasteiger partial charge in [0.05, 0.1) is 11.9 Å². The van der Waals surface area contributed by atoms with Crippen molar-refractivity contribution in [1.82, 2.24) is 10.3 Å². The van der Waals surface area contributed by atoms with Crippen molar-refractivity contribution in [2.24, 2.45) is 0 Å². The normalized spacial score (nSPS) is 13.4. The second kappa shape index (κ2) is 6.96. The molecule has 2 amide bonds. The number of carbonyl (C=O) groups excluding carboxylic acids is 2. The Balaban J connectivity index is 1.40. The highest BCUT2D eigenvalue weighted by Crippen LogP contribution is 2.19. The number of hydrogen-bond donors (Lipinski definition) is 2. The Bertz CT molecular complexity index is 962. The molecule has 130 valence electrons. The number of para-hydroxylation sites is 1. The van der Waals surface area contributed by atoms with Crippen molar-refractivity contribution in [2.45, 2.75) is 25.3 Å². The van der Waals surface area contributed by atoms with Gasteiger partial charge in [-0.3, -0.25) is 9.59 Å². The smallest absolute Gasteiger partial charge is 0.274 e. The number of anilines is 1. The lowest BCUT2D eigenvalue weighted by molar-refractivity contribution is -0.120. The average Bonchev–Trinajstić information content (AvgIpc) is 3.46. The van der Waals surface area contributed by atoms with Crippen molar-refractivity contribution < 1.29 is 9.59 Å². The van der Waals surface area contributed by atoms with Gasteiger partial charge >= 0.3 is 0 Å². The molecule has 5 nitrogen and oxygen atoms in total. The van der Waals surface area contributed by atoms with Crippen LogP contribution in [0.15, 0.2) is 60.7 Å². The number of rotatable bonds is 5. The molecule has 4 rings (SSSR count). The minimum atomic E-state index is -0.255. The minimum Gasteiger partial charge on any atom is -0.353 e. The largest absolute Gasteiger partial charge is 0.353 e. The quantitative estimate of drug-likeness (QED) is 0.745. The highest BCUT2D eigenvalue weighted by Gasteiger charge is 2.23. The van der Waals surface area contributed by atoms with E-state index in [1.54, 1.807) is 18.2 Å². The van der Waals surface area contributed by atoms with E-state index >= 15 is 0 Å². The molecule has 1 aromatic heterocycles. The van der Waals surface area contributed by atoms with E-state index in [9.17, 15) is 9.59 Å². The molecule has 0 unspecified atom stereocenters. The summed E-state index contributed by atoms with van der Waals surface area (Å²) in [5, 5.41) is 6.81. The molecule has 1 aliphatic carbocycles. The topological polar surface area (TPSA) is 71.1 Å². The molecule has 0 radical (unpaired) electrons. The number of hydrogen-bond acceptors (Lipinski definition) is 3. The molecule has 0 spiro atoms. The molecular formula is C21H19N3O2. The summed E-state index contributed by atoms with van der Waals surface area (Å²) in [7, 11) is 0. The van der Waals surface area contributed by atoms with Crippen LogP contribution < -0.4 is 10.6 Å². The predicted octanol–water partition coefficient (Wildman–Crippen LogP) is 3.31. The van der Waals surface area contributed by atoms with Gasteiger partial charge in [-0.05, 0) is 42.7 Å². The maximum Gasteiger partial charge on any atom is 0.274 e. The molecule has 0 atom stereocenters. The zero-order valence-electron chi connectivity index (χ0n) is 14.2. The van der Waals surface area contributed by atoms with Crippen LogP contribution in [0.5, 0.6) is 0 Å². The van der Waals surface area contributed by atoms with Crippen molar-refractivity contribution in [1.29, 1.82) is 0 Å². The van der Waals surface area contributed by atoms with Gasteiger partial charge in [0, 0.05) is 17.1 Å². The molecule has 5 heteroatoms. The van der Waals surface area contributed by atoms with Crippen LogP contribution in [0.2, 0.25) is 0 Å². The van der Waals surface area contributed by atoms with Crippen molar-refractivity contribution in [2.75, 3.05) is 5.32 Å². The number of nitrogens with one attached hydrogen (secondary N) is 2. The molecule has 0 bridgehead atoms. The first-order valence-corrected chi connectivity index (χ1v) is 8.73. The number of benzene rings is 2. The average molecular weight is 345 g/mol. The molecule has 1 aliphatic rings. The van der Waals surface area contributed by atoms with Crippen molar-refractivity contribution in [3.8, 4) is 0 Å². The third-order valence-electron chi connectivity index (χ3n) is 4.35. The third kappa shape index (κ3) is 3.88. The van der Waals surface area contributed by atoms with Gasteiger partial charge in [-0.25, -0.2) is 4.98 Å². The van der Waals surface area contributed by atoms with E-state index in [2.05, 4.69) is 15.6 Å². The maximum absolute atomic E-state index is 12.4. The zero-order valence-corrected chi connectivity index (χ0v) is 14.2. The Morgan fingerprint density at radius 2 is 1.73 bits per heavy atom. The van der Waals surface area contributed by atoms with Gasteiger partial charge in [0.25, 0.3) is 5.91 Å². The van der Waals surface area contributed by atoms with Gasteiger partial charge in [0.15, 0.2) is 0 Å². The Morgan fingerprint density at radius 3 is 2.50 bits per heavy atom. The molecule has 3 aromatic rings. The summed E-state index contributed by atoms with van der Waals surface area (Å²) in [6.45, 7) is 0. The molecule has 1 saturated carbocycles. The zero-order chi connectivity index (χ0) is 17.9. The number of amides is 2. The van der Waals surface area contributed by atoms with Gasteiger partial charge in [0.1, 0.15) is 5.69 Å². The number of pyridine rings is 1. The second-order valence-electron chi connectivity index (χ2n) is 6.56.